The van der Waals surface area contributed by atoms with Crippen molar-refractivity contribution < 1.29 is 4.79 Å². The number of likely N-dealkylation sites (N-methyl/N-ethyl adjacent to an activating group) is 1. The molecule has 0 radical (unpaired) electrons. The average Bonchev–Trinajstić information content (AvgIpc) is 2.42. The maximum atomic E-state index is 10.6. The minimum absolute atomic E-state index is 0.411. The van der Waals surface area contributed by atoms with Gasteiger partial charge in [-0.3, -0.25) is 9.48 Å². The molecule has 0 saturated carbocycles. The van der Waals surface area contributed by atoms with Crippen LogP contribution in [0.2, 0.25) is 5.02 Å². The van der Waals surface area contributed by atoms with Crippen molar-refractivity contribution in [1.29, 1.82) is 0 Å². The summed E-state index contributed by atoms with van der Waals surface area (Å²) >= 11 is 5.73. The Hall–Kier alpha value is -0.870. The zero-order valence-corrected chi connectivity index (χ0v) is 8.45. The van der Waals surface area contributed by atoms with Crippen LogP contribution in [0.15, 0.2) is 6.20 Å². The van der Waals surface area contributed by atoms with E-state index in [0.717, 1.165) is 12.8 Å². The summed E-state index contributed by atoms with van der Waals surface area (Å²) in [6, 6.07) is 0. The quantitative estimate of drug-likeness (QED) is 0.680. The van der Waals surface area contributed by atoms with Gasteiger partial charge >= 0.3 is 0 Å². The van der Waals surface area contributed by atoms with Crippen molar-refractivity contribution in [2.75, 3.05) is 20.6 Å². The Morgan fingerprint density at radius 2 is 2.38 bits per heavy atom. The van der Waals surface area contributed by atoms with Crippen molar-refractivity contribution in [1.82, 2.24) is 14.7 Å². The molecule has 0 aromatic carbocycles. The smallest absolute Gasteiger partial charge is 0.169 e. The summed E-state index contributed by atoms with van der Waals surface area (Å²) in [6.07, 6.45) is 2.21. The molecule has 4 nitrogen and oxygen atoms in total. The average molecular weight is 202 g/mol. The van der Waals surface area contributed by atoms with E-state index in [4.69, 9.17) is 11.6 Å². The van der Waals surface area contributed by atoms with Crippen molar-refractivity contribution in [3.05, 3.63) is 16.9 Å². The first kappa shape index (κ1) is 10.2. The number of hydrogen-bond donors (Lipinski definition) is 0. The second-order valence-electron chi connectivity index (χ2n) is 3.02. The first-order valence-corrected chi connectivity index (χ1v) is 4.34. The maximum absolute atomic E-state index is 10.6. The Labute approximate surface area is 82.1 Å². The molecule has 0 fully saturated rings. The first-order valence-electron chi connectivity index (χ1n) is 3.96. The minimum Gasteiger partial charge on any atom is -0.308 e. The van der Waals surface area contributed by atoms with Crippen LogP contribution in [0.3, 0.4) is 0 Å². The van der Waals surface area contributed by atoms with E-state index in [0.29, 0.717) is 17.3 Å². The lowest BCUT2D eigenvalue weighted by Gasteiger charge is -2.09. The fourth-order valence-corrected chi connectivity index (χ4v) is 1.15. The maximum Gasteiger partial charge on any atom is 0.169 e. The number of nitrogens with zero attached hydrogens (tertiary/aromatic N) is 3. The lowest BCUT2D eigenvalue weighted by atomic mass is 10.4. The molecule has 1 aromatic heterocycles. The summed E-state index contributed by atoms with van der Waals surface area (Å²) in [6.45, 7) is 1.51. The fourth-order valence-electron chi connectivity index (χ4n) is 0.962. The monoisotopic (exact) mass is 201 g/mol. The van der Waals surface area contributed by atoms with Crippen LogP contribution in [-0.4, -0.2) is 41.6 Å². The third-order valence-electron chi connectivity index (χ3n) is 1.70. The molecule has 0 amide bonds. The normalized spacial score (nSPS) is 10.8. The van der Waals surface area contributed by atoms with E-state index >= 15 is 0 Å². The van der Waals surface area contributed by atoms with Crippen LogP contribution in [0.4, 0.5) is 0 Å². The van der Waals surface area contributed by atoms with Crippen molar-refractivity contribution >= 4 is 17.9 Å². The zero-order valence-electron chi connectivity index (χ0n) is 7.70. The van der Waals surface area contributed by atoms with E-state index in [2.05, 4.69) is 5.10 Å². The molecule has 0 aliphatic heterocycles. The highest BCUT2D eigenvalue weighted by molar-refractivity contribution is 6.32. The zero-order chi connectivity index (χ0) is 9.84. The van der Waals surface area contributed by atoms with E-state index in [1.807, 2.05) is 19.0 Å². The van der Waals surface area contributed by atoms with Crippen molar-refractivity contribution in [2.45, 2.75) is 6.54 Å². The van der Waals surface area contributed by atoms with Gasteiger partial charge < -0.3 is 4.90 Å². The summed E-state index contributed by atoms with van der Waals surface area (Å²) < 4.78 is 1.61. The number of hydrogen-bond acceptors (Lipinski definition) is 3. The summed E-state index contributed by atoms with van der Waals surface area (Å²) in [5.41, 5.74) is 0.448. The van der Waals surface area contributed by atoms with E-state index in [9.17, 15) is 4.79 Å². The van der Waals surface area contributed by atoms with Crippen LogP contribution in [0, 0.1) is 0 Å². The highest BCUT2D eigenvalue weighted by Crippen LogP contribution is 2.12. The third kappa shape index (κ3) is 2.54. The number of halogens is 1. The Morgan fingerprint density at radius 3 is 2.92 bits per heavy atom. The molecule has 0 atom stereocenters. The number of aldehydes is 1. The molecule has 72 valence electrons. The van der Waals surface area contributed by atoms with Gasteiger partial charge in [0.15, 0.2) is 6.29 Å². The molecule has 1 aromatic rings. The second-order valence-corrected chi connectivity index (χ2v) is 3.43. The second kappa shape index (κ2) is 4.39. The summed E-state index contributed by atoms with van der Waals surface area (Å²) in [5, 5.41) is 4.40. The standard InChI is InChI=1S/C8H12ClN3O/c1-11(2)3-4-12-8(6-13)7(9)5-10-12/h5-6H,3-4H2,1-2H3. The lowest BCUT2D eigenvalue weighted by molar-refractivity contribution is 0.111. The highest BCUT2D eigenvalue weighted by atomic mass is 35.5. The fraction of sp³-hybridized carbons (Fsp3) is 0.500. The molecule has 0 unspecified atom stereocenters. The van der Waals surface area contributed by atoms with Gasteiger partial charge in [-0.2, -0.15) is 5.10 Å². The topological polar surface area (TPSA) is 38.1 Å². The molecule has 1 heterocycles. The van der Waals surface area contributed by atoms with E-state index in [1.54, 1.807) is 4.68 Å². The van der Waals surface area contributed by atoms with Gasteiger partial charge in [-0.25, -0.2) is 0 Å². The number of carbonyl (C=O) groups is 1. The summed E-state index contributed by atoms with van der Waals surface area (Å²) in [7, 11) is 3.93. The number of aromatic nitrogens is 2. The SMILES string of the molecule is CN(C)CCn1ncc(Cl)c1C=O. The predicted molar refractivity (Wildman–Crippen MR) is 51.2 cm³/mol. The molecule has 1 rings (SSSR count). The van der Waals surface area contributed by atoms with Crippen LogP contribution < -0.4 is 0 Å². The molecule has 13 heavy (non-hydrogen) atoms. The van der Waals surface area contributed by atoms with Gasteiger partial charge in [-0.05, 0) is 14.1 Å². The lowest BCUT2D eigenvalue weighted by Crippen LogP contribution is -2.20. The van der Waals surface area contributed by atoms with Crippen LogP contribution in [-0.2, 0) is 6.54 Å². The van der Waals surface area contributed by atoms with Gasteiger partial charge in [0.1, 0.15) is 5.69 Å². The van der Waals surface area contributed by atoms with E-state index in [-0.39, 0.29) is 0 Å². The Morgan fingerprint density at radius 1 is 1.69 bits per heavy atom. The number of rotatable bonds is 4. The van der Waals surface area contributed by atoms with Crippen LogP contribution in [0.25, 0.3) is 0 Å². The third-order valence-corrected chi connectivity index (χ3v) is 2.00. The van der Waals surface area contributed by atoms with E-state index in [1.165, 1.54) is 6.20 Å². The van der Waals surface area contributed by atoms with Crippen molar-refractivity contribution in [3.8, 4) is 0 Å². The van der Waals surface area contributed by atoms with Gasteiger partial charge in [-0.15, -0.1) is 0 Å². The van der Waals surface area contributed by atoms with Gasteiger partial charge in [0.05, 0.1) is 17.8 Å². The molecule has 0 spiro atoms. The molecule has 0 bridgehead atoms. The molecule has 0 aliphatic carbocycles. The molecule has 0 N–H and O–H groups in total. The highest BCUT2D eigenvalue weighted by Gasteiger charge is 2.07. The first-order chi connectivity index (χ1) is 6.15. The predicted octanol–water partition coefficient (Wildman–Crippen LogP) is 0.911. The van der Waals surface area contributed by atoms with Gasteiger partial charge in [0.25, 0.3) is 0 Å². The van der Waals surface area contributed by atoms with Gasteiger partial charge in [-0.1, -0.05) is 11.6 Å². The van der Waals surface area contributed by atoms with Crippen LogP contribution in [0.5, 0.6) is 0 Å². The van der Waals surface area contributed by atoms with Crippen LogP contribution in [0.1, 0.15) is 10.5 Å². The Bertz CT molecular complexity index is 296. The van der Waals surface area contributed by atoms with Crippen molar-refractivity contribution in [2.24, 2.45) is 0 Å². The summed E-state index contributed by atoms with van der Waals surface area (Å²) in [4.78, 5) is 12.6. The molecule has 5 heteroatoms. The molecule has 0 aliphatic rings. The minimum atomic E-state index is 0.411. The van der Waals surface area contributed by atoms with E-state index < -0.39 is 0 Å². The van der Waals surface area contributed by atoms with Gasteiger partial charge in [0, 0.05) is 6.54 Å². The van der Waals surface area contributed by atoms with Crippen molar-refractivity contribution in [3.63, 3.8) is 0 Å². The molecular weight excluding hydrogens is 190 g/mol. The van der Waals surface area contributed by atoms with Gasteiger partial charge in [0.2, 0.25) is 0 Å². The molecular formula is C8H12ClN3O. The number of carbonyl (C=O) groups excluding carboxylic acids is 1. The Kier molecular flexibility index (Phi) is 3.45. The van der Waals surface area contributed by atoms with Crippen LogP contribution >= 0.6 is 11.6 Å². The Balaban J connectivity index is 2.71. The molecule has 0 saturated heterocycles. The summed E-state index contributed by atoms with van der Waals surface area (Å²) in [5.74, 6) is 0. The largest absolute Gasteiger partial charge is 0.308 e.